The molecule has 2 nitrogen and oxygen atoms in total. The molecule has 116 valence electrons. The molecular formula is C18H33NO. The minimum atomic E-state index is 0.205. The lowest BCUT2D eigenvalue weighted by molar-refractivity contribution is -0.126. The second kappa shape index (κ2) is 8.17. The van der Waals surface area contributed by atoms with Gasteiger partial charge in [-0.3, -0.25) is 9.69 Å². The number of piperidine rings is 1. The van der Waals surface area contributed by atoms with Gasteiger partial charge in [0.25, 0.3) is 0 Å². The third-order valence-electron chi connectivity index (χ3n) is 5.61. The molecule has 3 unspecified atom stereocenters. The monoisotopic (exact) mass is 279 g/mol. The Morgan fingerprint density at radius 1 is 0.800 bits per heavy atom. The summed E-state index contributed by atoms with van der Waals surface area (Å²) in [5.74, 6) is 1.02. The van der Waals surface area contributed by atoms with Crippen LogP contribution >= 0.6 is 0 Å². The molecule has 3 aliphatic rings. The quantitative estimate of drug-likeness (QED) is 0.701. The molecule has 3 rings (SSSR count). The predicted molar refractivity (Wildman–Crippen MR) is 84.9 cm³/mol. The van der Waals surface area contributed by atoms with Gasteiger partial charge >= 0.3 is 0 Å². The van der Waals surface area contributed by atoms with Gasteiger partial charge in [-0.15, -0.1) is 0 Å². The van der Waals surface area contributed by atoms with Gasteiger partial charge < -0.3 is 0 Å². The van der Waals surface area contributed by atoms with Crippen molar-refractivity contribution in [1.29, 1.82) is 0 Å². The van der Waals surface area contributed by atoms with Gasteiger partial charge in [-0.25, -0.2) is 0 Å². The van der Waals surface area contributed by atoms with Crippen molar-refractivity contribution in [1.82, 2.24) is 4.90 Å². The van der Waals surface area contributed by atoms with Gasteiger partial charge in [0.2, 0.25) is 0 Å². The molecule has 0 radical (unpaired) electrons. The number of Topliss-reactive ketones (excluding diaryl/α,β-unsaturated/α-hetero) is 1. The van der Waals surface area contributed by atoms with Gasteiger partial charge in [-0.2, -0.15) is 0 Å². The summed E-state index contributed by atoms with van der Waals surface area (Å²) in [6.45, 7) is 1.81. The van der Waals surface area contributed by atoms with Gasteiger partial charge in [0, 0.05) is 6.04 Å². The Kier molecular flexibility index (Phi) is 6.54. The van der Waals surface area contributed by atoms with E-state index in [-0.39, 0.29) is 6.04 Å². The summed E-state index contributed by atoms with van der Waals surface area (Å²) >= 11 is 0. The van der Waals surface area contributed by atoms with E-state index in [2.05, 4.69) is 11.9 Å². The van der Waals surface area contributed by atoms with Crippen molar-refractivity contribution < 1.29 is 4.79 Å². The maximum Gasteiger partial charge on any atom is 0.147 e. The number of nitrogens with zero attached hydrogens (tertiary/aromatic N) is 1. The van der Waals surface area contributed by atoms with Gasteiger partial charge in [0.05, 0.1) is 6.04 Å². The topological polar surface area (TPSA) is 20.3 Å². The minimum absolute atomic E-state index is 0.205. The third-order valence-corrected chi connectivity index (χ3v) is 5.61. The summed E-state index contributed by atoms with van der Waals surface area (Å²) in [7, 11) is 2.20. The Bertz CT molecular complexity index is 296. The third kappa shape index (κ3) is 4.31. The van der Waals surface area contributed by atoms with E-state index in [1.807, 2.05) is 0 Å². The maximum atomic E-state index is 12.1. The summed E-state index contributed by atoms with van der Waals surface area (Å²) in [6, 6.07) is 0.861. The van der Waals surface area contributed by atoms with E-state index in [0.717, 1.165) is 0 Å². The van der Waals surface area contributed by atoms with Crippen LogP contribution in [0.1, 0.15) is 84.0 Å². The number of fused-ring (bicyclic) bond motifs is 11. The van der Waals surface area contributed by atoms with Crippen molar-refractivity contribution in [2.75, 3.05) is 7.05 Å². The smallest absolute Gasteiger partial charge is 0.147 e. The van der Waals surface area contributed by atoms with Crippen LogP contribution in [-0.4, -0.2) is 29.8 Å². The molecule has 2 heteroatoms. The fourth-order valence-corrected chi connectivity index (χ4v) is 4.44. The highest BCUT2D eigenvalue weighted by molar-refractivity contribution is 5.81. The average molecular weight is 279 g/mol. The van der Waals surface area contributed by atoms with Crippen LogP contribution in [0.25, 0.3) is 0 Å². The lowest BCUT2D eigenvalue weighted by atomic mass is 9.79. The molecule has 2 saturated heterocycles. The SMILES string of the molecule is CC(=O)C1C2CCCCCCCCCCC(CC2)N1C. The average Bonchev–Trinajstić information content (AvgIpc) is 2.42. The van der Waals surface area contributed by atoms with E-state index in [4.69, 9.17) is 0 Å². The predicted octanol–water partition coefficient (Wildman–Crippen LogP) is 4.57. The molecule has 0 aromatic carbocycles. The first kappa shape index (κ1) is 16.0. The fraction of sp³-hybridized carbons (Fsp3) is 0.944. The van der Waals surface area contributed by atoms with Crippen LogP contribution in [0.15, 0.2) is 0 Å². The first-order valence-corrected chi connectivity index (χ1v) is 8.92. The molecule has 2 heterocycles. The summed E-state index contributed by atoms with van der Waals surface area (Å²) in [5, 5.41) is 0. The number of ketones is 1. The highest BCUT2D eigenvalue weighted by Crippen LogP contribution is 2.33. The first-order valence-electron chi connectivity index (χ1n) is 8.92. The molecule has 2 aliphatic heterocycles. The second-order valence-electron chi connectivity index (χ2n) is 7.12. The fourth-order valence-electron chi connectivity index (χ4n) is 4.44. The van der Waals surface area contributed by atoms with Crippen molar-refractivity contribution in [2.24, 2.45) is 5.92 Å². The highest BCUT2D eigenvalue weighted by Gasteiger charge is 2.36. The zero-order valence-electron chi connectivity index (χ0n) is 13.6. The van der Waals surface area contributed by atoms with E-state index < -0.39 is 0 Å². The molecular weight excluding hydrogens is 246 g/mol. The number of rotatable bonds is 1. The number of likely N-dealkylation sites (N-methyl/N-ethyl adjacent to an activating group) is 1. The zero-order chi connectivity index (χ0) is 14.4. The van der Waals surface area contributed by atoms with E-state index in [0.29, 0.717) is 17.7 Å². The molecule has 1 saturated carbocycles. The van der Waals surface area contributed by atoms with Crippen LogP contribution in [0, 0.1) is 5.92 Å². The zero-order valence-corrected chi connectivity index (χ0v) is 13.6. The lowest BCUT2D eigenvalue weighted by Gasteiger charge is -2.43. The largest absolute Gasteiger partial charge is 0.298 e. The summed E-state index contributed by atoms with van der Waals surface area (Å²) in [4.78, 5) is 14.5. The lowest BCUT2D eigenvalue weighted by Crippen LogP contribution is -2.52. The molecule has 0 amide bonds. The van der Waals surface area contributed by atoms with Crippen LogP contribution < -0.4 is 0 Å². The molecule has 3 fully saturated rings. The molecule has 3 atom stereocenters. The molecule has 0 aromatic rings. The second-order valence-corrected chi connectivity index (χ2v) is 7.12. The van der Waals surface area contributed by atoms with Crippen molar-refractivity contribution in [3.63, 3.8) is 0 Å². The molecule has 1 aliphatic carbocycles. The molecule has 2 bridgehead atoms. The van der Waals surface area contributed by atoms with Crippen molar-refractivity contribution in [2.45, 2.75) is 96.1 Å². The summed E-state index contributed by atoms with van der Waals surface area (Å²) < 4.78 is 0. The van der Waals surface area contributed by atoms with Crippen LogP contribution in [0.5, 0.6) is 0 Å². The summed E-state index contributed by atoms with van der Waals surface area (Å²) in [5.41, 5.74) is 0. The first-order chi connectivity index (χ1) is 9.70. The Labute approximate surface area is 125 Å². The van der Waals surface area contributed by atoms with Gasteiger partial charge in [-0.05, 0) is 45.6 Å². The normalized spacial score (nSPS) is 34.6. The molecule has 20 heavy (non-hydrogen) atoms. The van der Waals surface area contributed by atoms with Crippen LogP contribution in [0.4, 0.5) is 0 Å². The molecule has 0 spiro atoms. The Hall–Kier alpha value is -0.370. The maximum absolute atomic E-state index is 12.1. The van der Waals surface area contributed by atoms with Crippen LogP contribution in [0.3, 0.4) is 0 Å². The van der Waals surface area contributed by atoms with Gasteiger partial charge in [0.15, 0.2) is 0 Å². The summed E-state index contributed by atoms with van der Waals surface area (Å²) in [6.07, 6.45) is 16.2. The Balaban J connectivity index is 2.00. The van der Waals surface area contributed by atoms with E-state index in [9.17, 15) is 4.79 Å². The standard InChI is InChI=1S/C18H33NO/c1-15(20)18-16-11-9-7-5-3-4-6-8-10-12-17(14-13-16)19(18)2/h16-18H,3-14H2,1-2H3. The van der Waals surface area contributed by atoms with Crippen LogP contribution in [-0.2, 0) is 4.79 Å². The van der Waals surface area contributed by atoms with Gasteiger partial charge in [-0.1, -0.05) is 51.4 Å². The van der Waals surface area contributed by atoms with Crippen molar-refractivity contribution >= 4 is 5.78 Å². The molecule has 0 aromatic heterocycles. The van der Waals surface area contributed by atoms with Gasteiger partial charge in [0.1, 0.15) is 5.78 Å². The van der Waals surface area contributed by atoms with E-state index in [1.165, 1.54) is 77.0 Å². The number of carbonyl (C=O) groups excluding carboxylic acids is 1. The van der Waals surface area contributed by atoms with E-state index in [1.54, 1.807) is 6.92 Å². The van der Waals surface area contributed by atoms with E-state index >= 15 is 0 Å². The number of carbonyl (C=O) groups is 1. The Morgan fingerprint density at radius 3 is 1.95 bits per heavy atom. The van der Waals surface area contributed by atoms with Crippen molar-refractivity contribution in [3.05, 3.63) is 0 Å². The minimum Gasteiger partial charge on any atom is -0.298 e. The van der Waals surface area contributed by atoms with Crippen molar-refractivity contribution in [3.8, 4) is 0 Å². The number of hydrogen-bond donors (Lipinski definition) is 0. The Morgan fingerprint density at radius 2 is 1.35 bits per heavy atom. The number of hydrogen-bond acceptors (Lipinski definition) is 2. The van der Waals surface area contributed by atoms with Crippen LogP contribution in [0.2, 0.25) is 0 Å². The highest BCUT2D eigenvalue weighted by atomic mass is 16.1. The molecule has 0 N–H and O–H groups in total.